The zero-order chi connectivity index (χ0) is 10.8. The molecule has 0 heterocycles. The maximum absolute atomic E-state index is 13.3. The summed E-state index contributed by atoms with van der Waals surface area (Å²) in [6.07, 6.45) is 3.62. The van der Waals surface area contributed by atoms with Crippen LogP contribution in [0.1, 0.15) is 36.0 Å². The summed E-state index contributed by atoms with van der Waals surface area (Å²) < 4.78 is 26.2. The van der Waals surface area contributed by atoms with Crippen LogP contribution in [0, 0.1) is 17.6 Å². The first-order valence-electron chi connectivity index (χ1n) is 5.18. The molecule has 1 fully saturated rings. The maximum Gasteiger partial charge on any atom is 0.168 e. The number of carbonyl (C=O) groups is 1. The molecule has 1 aliphatic carbocycles. The molecule has 1 nitrogen and oxygen atoms in total. The molecule has 1 aliphatic rings. The molecule has 2 rings (SSSR count). The molecule has 0 amide bonds. The lowest BCUT2D eigenvalue weighted by Gasteiger charge is -2.08. The van der Waals surface area contributed by atoms with Gasteiger partial charge in [-0.3, -0.25) is 4.79 Å². The third kappa shape index (κ3) is 2.06. The summed E-state index contributed by atoms with van der Waals surface area (Å²) in [5.74, 6) is -1.53. The zero-order valence-corrected chi connectivity index (χ0v) is 8.30. The number of ketones is 1. The predicted octanol–water partition coefficient (Wildman–Crippen LogP) is 3.34. The van der Waals surface area contributed by atoms with Crippen LogP contribution < -0.4 is 0 Å². The molecule has 0 aliphatic heterocycles. The van der Waals surface area contributed by atoms with Gasteiger partial charge in [0.05, 0.1) is 5.56 Å². The van der Waals surface area contributed by atoms with Crippen molar-refractivity contribution in [3.63, 3.8) is 0 Å². The Bertz CT molecular complexity index is 381. The van der Waals surface area contributed by atoms with Crippen molar-refractivity contribution in [2.24, 2.45) is 5.92 Å². The van der Waals surface area contributed by atoms with Gasteiger partial charge in [-0.25, -0.2) is 8.78 Å². The van der Waals surface area contributed by atoms with E-state index in [4.69, 9.17) is 0 Å². The van der Waals surface area contributed by atoms with Gasteiger partial charge in [-0.05, 0) is 31.0 Å². The van der Waals surface area contributed by atoms with Crippen molar-refractivity contribution in [1.29, 1.82) is 0 Å². The van der Waals surface area contributed by atoms with E-state index in [1.165, 1.54) is 0 Å². The van der Waals surface area contributed by atoms with Gasteiger partial charge in [-0.2, -0.15) is 0 Å². The fourth-order valence-corrected chi connectivity index (χ4v) is 2.09. The van der Waals surface area contributed by atoms with Crippen LogP contribution in [0.3, 0.4) is 0 Å². The number of Topliss-reactive ketones (excluding diaryl/α,β-unsaturated/α-hetero) is 1. The summed E-state index contributed by atoms with van der Waals surface area (Å²) in [7, 11) is 0. The second kappa shape index (κ2) is 4.09. The lowest BCUT2D eigenvalue weighted by molar-refractivity contribution is 0.0918. The topological polar surface area (TPSA) is 17.1 Å². The molecule has 1 saturated carbocycles. The Balaban J connectivity index is 2.27. The molecular weight excluding hydrogens is 198 g/mol. The van der Waals surface area contributed by atoms with E-state index < -0.39 is 11.6 Å². The molecule has 1 aromatic carbocycles. The van der Waals surface area contributed by atoms with Gasteiger partial charge in [0.25, 0.3) is 0 Å². The van der Waals surface area contributed by atoms with Crippen LogP contribution in [0.25, 0.3) is 0 Å². The second-order valence-electron chi connectivity index (χ2n) is 3.97. The number of halogens is 2. The van der Waals surface area contributed by atoms with Crippen molar-refractivity contribution in [3.05, 3.63) is 35.4 Å². The van der Waals surface area contributed by atoms with Gasteiger partial charge in [0.1, 0.15) is 11.6 Å². The second-order valence-corrected chi connectivity index (χ2v) is 3.97. The van der Waals surface area contributed by atoms with Crippen molar-refractivity contribution in [1.82, 2.24) is 0 Å². The highest BCUT2D eigenvalue weighted by molar-refractivity contribution is 5.98. The van der Waals surface area contributed by atoms with E-state index in [1.54, 1.807) is 0 Å². The molecule has 15 heavy (non-hydrogen) atoms. The summed E-state index contributed by atoms with van der Waals surface area (Å²) in [5.41, 5.74) is -0.0955. The number of carbonyl (C=O) groups excluding carboxylic acids is 1. The average Bonchev–Trinajstić information content (AvgIpc) is 2.74. The van der Waals surface area contributed by atoms with Crippen LogP contribution >= 0.6 is 0 Å². The highest BCUT2D eigenvalue weighted by Crippen LogP contribution is 2.28. The number of rotatable bonds is 2. The van der Waals surface area contributed by atoms with Gasteiger partial charge in [-0.1, -0.05) is 12.8 Å². The molecule has 80 valence electrons. The molecule has 0 saturated heterocycles. The van der Waals surface area contributed by atoms with Crippen molar-refractivity contribution >= 4 is 5.78 Å². The summed E-state index contributed by atoms with van der Waals surface area (Å²) in [5, 5.41) is 0. The third-order valence-corrected chi connectivity index (χ3v) is 2.92. The molecule has 0 bridgehead atoms. The van der Waals surface area contributed by atoms with E-state index in [0.717, 1.165) is 43.9 Å². The third-order valence-electron chi connectivity index (χ3n) is 2.92. The SMILES string of the molecule is O=C(c1cc(F)ccc1F)C1CCCC1. The van der Waals surface area contributed by atoms with E-state index in [-0.39, 0.29) is 17.3 Å². The minimum Gasteiger partial charge on any atom is -0.294 e. The number of benzene rings is 1. The average molecular weight is 210 g/mol. The monoisotopic (exact) mass is 210 g/mol. The Morgan fingerprint density at radius 3 is 2.53 bits per heavy atom. The highest BCUT2D eigenvalue weighted by Gasteiger charge is 2.25. The van der Waals surface area contributed by atoms with Crippen LogP contribution in [-0.2, 0) is 0 Å². The maximum atomic E-state index is 13.3. The molecular formula is C12H12F2O. The Kier molecular flexibility index (Phi) is 2.80. The molecule has 0 atom stereocenters. The van der Waals surface area contributed by atoms with Gasteiger partial charge < -0.3 is 0 Å². The summed E-state index contributed by atoms with van der Waals surface area (Å²) in [6, 6.07) is 3.04. The first-order chi connectivity index (χ1) is 7.18. The normalized spacial score (nSPS) is 16.9. The van der Waals surface area contributed by atoms with Crippen LogP contribution in [0.15, 0.2) is 18.2 Å². The molecule has 0 aromatic heterocycles. The fourth-order valence-electron chi connectivity index (χ4n) is 2.09. The Labute approximate surface area is 87.1 Å². The minimum absolute atomic E-state index is 0.0955. The standard InChI is InChI=1S/C12H12F2O/c13-9-5-6-11(14)10(7-9)12(15)8-3-1-2-4-8/h5-8H,1-4H2. The van der Waals surface area contributed by atoms with E-state index >= 15 is 0 Å². The minimum atomic E-state index is -0.617. The Hall–Kier alpha value is -1.25. The number of hydrogen-bond acceptors (Lipinski definition) is 1. The van der Waals surface area contributed by atoms with Gasteiger partial charge in [-0.15, -0.1) is 0 Å². The quantitative estimate of drug-likeness (QED) is 0.684. The Morgan fingerprint density at radius 1 is 1.20 bits per heavy atom. The van der Waals surface area contributed by atoms with E-state index in [0.29, 0.717) is 0 Å². The van der Waals surface area contributed by atoms with Gasteiger partial charge in [0.2, 0.25) is 0 Å². The molecule has 1 aromatic rings. The van der Waals surface area contributed by atoms with Crippen LogP contribution in [0.4, 0.5) is 8.78 Å². The molecule has 0 unspecified atom stereocenters. The van der Waals surface area contributed by atoms with Gasteiger partial charge in [0.15, 0.2) is 5.78 Å². The largest absolute Gasteiger partial charge is 0.294 e. The summed E-state index contributed by atoms with van der Waals surface area (Å²) >= 11 is 0. The van der Waals surface area contributed by atoms with E-state index in [2.05, 4.69) is 0 Å². The van der Waals surface area contributed by atoms with E-state index in [9.17, 15) is 13.6 Å². The first-order valence-corrected chi connectivity index (χ1v) is 5.18. The van der Waals surface area contributed by atoms with Crippen LogP contribution in [0.2, 0.25) is 0 Å². The van der Waals surface area contributed by atoms with E-state index in [1.807, 2.05) is 0 Å². The summed E-state index contributed by atoms with van der Waals surface area (Å²) in [4.78, 5) is 11.8. The molecule has 0 N–H and O–H groups in total. The zero-order valence-electron chi connectivity index (χ0n) is 8.30. The van der Waals surface area contributed by atoms with Gasteiger partial charge in [0, 0.05) is 5.92 Å². The fraction of sp³-hybridized carbons (Fsp3) is 0.417. The number of hydrogen-bond donors (Lipinski definition) is 0. The van der Waals surface area contributed by atoms with Crippen molar-refractivity contribution in [2.45, 2.75) is 25.7 Å². The smallest absolute Gasteiger partial charge is 0.168 e. The van der Waals surface area contributed by atoms with Gasteiger partial charge >= 0.3 is 0 Å². The van der Waals surface area contributed by atoms with Crippen LogP contribution in [0.5, 0.6) is 0 Å². The lowest BCUT2D eigenvalue weighted by atomic mass is 9.96. The molecule has 0 radical (unpaired) electrons. The van der Waals surface area contributed by atoms with Crippen LogP contribution in [-0.4, -0.2) is 5.78 Å². The predicted molar refractivity (Wildman–Crippen MR) is 52.6 cm³/mol. The molecule has 3 heteroatoms. The van der Waals surface area contributed by atoms with Crippen molar-refractivity contribution in [2.75, 3.05) is 0 Å². The van der Waals surface area contributed by atoms with Crippen molar-refractivity contribution in [3.8, 4) is 0 Å². The lowest BCUT2D eigenvalue weighted by Crippen LogP contribution is -2.13. The Morgan fingerprint density at radius 2 is 1.87 bits per heavy atom. The summed E-state index contributed by atoms with van der Waals surface area (Å²) in [6.45, 7) is 0. The first kappa shape index (κ1) is 10.3. The molecule has 0 spiro atoms. The highest BCUT2D eigenvalue weighted by atomic mass is 19.1. The van der Waals surface area contributed by atoms with Crippen molar-refractivity contribution < 1.29 is 13.6 Å².